The molecule has 0 bridgehead atoms. The van der Waals surface area contributed by atoms with Gasteiger partial charge >= 0.3 is 0 Å². The van der Waals surface area contributed by atoms with E-state index >= 15 is 4.39 Å². The standard InChI is InChI=1S/C31H21FN2O2/c32-26-19-11-10-18-24(26)28-27-25(20-21-12-4-1-5-13-21)30(35)34(23-16-8-3-9-17-23)29(27)31(36)33(28)22-14-6-2-7-15-22/h1-20,28H/b25-20-. The van der Waals surface area contributed by atoms with Gasteiger partial charge in [0.15, 0.2) is 0 Å². The van der Waals surface area contributed by atoms with Gasteiger partial charge < -0.3 is 0 Å². The molecule has 4 aromatic rings. The number of rotatable bonds is 4. The maximum atomic E-state index is 15.3. The number of benzene rings is 4. The third-order valence-electron chi connectivity index (χ3n) is 6.51. The molecule has 174 valence electrons. The van der Waals surface area contributed by atoms with Crippen LogP contribution in [0.3, 0.4) is 0 Å². The molecule has 2 aliphatic heterocycles. The lowest BCUT2D eigenvalue weighted by atomic mass is 9.92. The summed E-state index contributed by atoms with van der Waals surface area (Å²) >= 11 is 0. The first-order chi connectivity index (χ1) is 17.6. The van der Waals surface area contributed by atoms with Crippen LogP contribution >= 0.6 is 0 Å². The van der Waals surface area contributed by atoms with Crippen molar-refractivity contribution in [3.05, 3.63) is 149 Å². The van der Waals surface area contributed by atoms with Gasteiger partial charge in [-0.15, -0.1) is 0 Å². The van der Waals surface area contributed by atoms with Crippen molar-refractivity contribution in [3.8, 4) is 0 Å². The Morgan fingerprint density at radius 3 is 1.83 bits per heavy atom. The Kier molecular flexibility index (Phi) is 5.30. The number of carbonyl (C=O) groups excluding carboxylic acids is 2. The Labute approximate surface area is 208 Å². The van der Waals surface area contributed by atoms with Crippen molar-refractivity contribution in [2.24, 2.45) is 0 Å². The largest absolute Gasteiger partial charge is 0.295 e. The number of halogens is 1. The second-order valence-electron chi connectivity index (χ2n) is 8.64. The molecule has 0 saturated carbocycles. The second-order valence-corrected chi connectivity index (χ2v) is 8.64. The molecular weight excluding hydrogens is 451 g/mol. The van der Waals surface area contributed by atoms with Crippen molar-refractivity contribution in [2.75, 3.05) is 9.80 Å². The van der Waals surface area contributed by atoms with E-state index in [9.17, 15) is 9.59 Å². The van der Waals surface area contributed by atoms with Gasteiger partial charge in [-0.1, -0.05) is 84.9 Å². The molecule has 1 unspecified atom stereocenters. The Bertz CT molecular complexity index is 1530. The number of anilines is 2. The zero-order chi connectivity index (χ0) is 24.6. The molecule has 4 aromatic carbocycles. The molecule has 1 atom stereocenters. The van der Waals surface area contributed by atoms with Gasteiger partial charge in [0.1, 0.15) is 11.5 Å². The van der Waals surface area contributed by atoms with Crippen LogP contribution in [-0.2, 0) is 9.59 Å². The minimum Gasteiger partial charge on any atom is -0.295 e. The van der Waals surface area contributed by atoms with Gasteiger partial charge in [-0.2, -0.15) is 0 Å². The van der Waals surface area contributed by atoms with Crippen molar-refractivity contribution in [1.29, 1.82) is 0 Å². The summed E-state index contributed by atoms with van der Waals surface area (Å²) < 4.78 is 15.3. The molecule has 6 rings (SSSR count). The van der Waals surface area contributed by atoms with E-state index in [1.54, 1.807) is 41.3 Å². The maximum absolute atomic E-state index is 15.3. The maximum Gasteiger partial charge on any atom is 0.276 e. The van der Waals surface area contributed by atoms with Crippen LogP contribution in [0.1, 0.15) is 17.2 Å². The predicted octanol–water partition coefficient (Wildman–Crippen LogP) is 6.30. The minimum atomic E-state index is -0.802. The summed E-state index contributed by atoms with van der Waals surface area (Å²) in [6, 6.07) is 33.4. The van der Waals surface area contributed by atoms with E-state index in [4.69, 9.17) is 0 Å². The Hall–Kier alpha value is -4.77. The molecule has 5 heteroatoms. The van der Waals surface area contributed by atoms with Crippen LogP contribution in [0.15, 0.2) is 132 Å². The molecule has 0 fully saturated rings. The van der Waals surface area contributed by atoms with Gasteiger partial charge in [-0.25, -0.2) is 4.39 Å². The highest BCUT2D eigenvalue weighted by Crippen LogP contribution is 2.51. The van der Waals surface area contributed by atoms with Crippen LogP contribution < -0.4 is 9.80 Å². The van der Waals surface area contributed by atoms with Gasteiger partial charge in [0.05, 0.1) is 6.04 Å². The van der Waals surface area contributed by atoms with E-state index in [0.29, 0.717) is 28.1 Å². The number of carbonyl (C=O) groups is 2. The molecular formula is C31H21FN2O2. The number of hydrogen-bond acceptors (Lipinski definition) is 2. The molecule has 2 aliphatic rings. The Balaban J connectivity index is 1.64. The van der Waals surface area contributed by atoms with Crippen LogP contribution in [-0.4, -0.2) is 11.8 Å². The summed E-state index contributed by atoms with van der Waals surface area (Å²) in [6.07, 6.45) is 1.79. The molecule has 0 aliphatic carbocycles. The summed E-state index contributed by atoms with van der Waals surface area (Å²) in [5, 5.41) is 0. The van der Waals surface area contributed by atoms with Crippen molar-refractivity contribution in [2.45, 2.75) is 6.04 Å². The van der Waals surface area contributed by atoms with Crippen LogP contribution in [0.2, 0.25) is 0 Å². The van der Waals surface area contributed by atoms with Gasteiger partial charge in [-0.05, 0) is 42.0 Å². The zero-order valence-electron chi connectivity index (χ0n) is 19.2. The molecule has 2 amide bonds. The molecule has 36 heavy (non-hydrogen) atoms. The summed E-state index contributed by atoms with van der Waals surface area (Å²) in [6.45, 7) is 0. The minimum absolute atomic E-state index is 0.255. The highest BCUT2D eigenvalue weighted by Gasteiger charge is 2.52. The normalized spacial score (nSPS) is 18.4. The summed E-state index contributed by atoms with van der Waals surface area (Å²) in [5.41, 5.74) is 3.51. The highest BCUT2D eigenvalue weighted by molar-refractivity contribution is 6.29. The first-order valence-corrected chi connectivity index (χ1v) is 11.7. The zero-order valence-corrected chi connectivity index (χ0v) is 19.2. The molecule has 0 radical (unpaired) electrons. The van der Waals surface area contributed by atoms with Crippen LogP contribution in [0, 0.1) is 5.82 Å². The molecule has 0 aromatic heterocycles. The predicted molar refractivity (Wildman–Crippen MR) is 138 cm³/mol. The molecule has 0 saturated heterocycles. The average molecular weight is 473 g/mol. The van der Waals surface area contributed by atoms with E-state index in [1.165, 1.54) is 11.0 Å². The van der Waals surface area contributed by atoms with Crippen molar-refractivity contribution < 1.29 is 14.0 Å². The van der Waals surface area contributed by atoms with Crippen molar-refractivity contribution >= 4 is 29.3 Å². The number of hydrogen-bond donors (Lipinski definition) is 0. The third-order valence-corrected chi connectivity index (χ3v) is 6.51. The Morgan fingerprint density at radius 1 is 0.639 bits per heavy atom. The van der Waals surface area contributed by atoms with E-state index < -0.39 is 11.9 Å². The highest BCUT2D eigenvalue weighted by atomic mass is 19.1. The van der Waals surface area contributed by atoms with Crippen molar-refractivity contribution in [1.82, 2.24) is 0 Å². The quantitative estimate of drug-likeness (QED) is 0.327. The lowest BCUT2D eigenvalue weighted by molar-refractivity contribution is -0.118. The fourth-order valence-corrected chi connectivity index (χ4v) is 4.96. The van der Waals surface area contributed by atoms with Crippen molar-refractivity contribution in [3.63, 3.8) is 0 Å². The van der Waals surface area contributed by atoms with Crippen LogP contribution in [0.25, 0.3) is 6.08 Å². The topological polar surface area (TPSA) is 40.6 Å². The molecule has 4 nitrogen and oxygen atoms in total. The smallest absolute Gasteiger partial charge is 0.276 e. The summed E-state index contributed by atoms with van der Waals surface area (Å²) in [7, 11) is 0. The molecule has 0 N–H and O–H groups in total. The first-order valence-electron chi connectivity index (χ1n) is 11.7. The summed E-state index contributed by atoms with van der Waals surface area (Å²) in [5.74, 6) is -1.09. The van der Waals surface area contributed by atoms with Gasteiger partial charge in [0.25, 0.3) is 11.8 Å². The van der Waals surface area contributed by atoms with E-state index in [-0.39, 0.29) is 17.5 Å². The van der Waals surface area contributed by atoms with Gasteiger partial charge in [0, 0.05) is 28.1 Å². The second kappa shape index (κ2) is 8.78. The number of amides is 2. The van der Waals surface area contributed by atoms with Gasteiger partial charge in [-0.3, -0.25) is 19.4 Å². The lowest BCUT2D eigenvalue weighted by Gasteiger charge is -2.30. The fourth-order valence-electron chi connectivity index (χ4n) is 4.96. The first kappa shape index (κ1) is 21.7. The lowest BCUT2D eigenvalue weighted by Crippen LogP contribution is -2.38. The Morgan fingerprint density at radius 2 is 1.19 bits per heavy atom. The number of nitrogens with zero attached hydrogens (tertiary/aromatic N) is 2. The van der Waals surface area contributed by atoms with E-state index in [1.807, 2.05) is 78.9 Å². The van der Waals surface area contributed by atoms with Gasteiger partial charge in [0.2, 0.25) is 0 Å². The number of para-hydroxylation sites is 2. The average Bonchev–Trinajstić information content (AvgIpc) is 3.37. The molecule has 0 spiro atoms. The molecule has 2 heterocycles. The SMILES string of the molecule is O=C1/C(=C\c2ccccc2)C2=C(C(=O)N(c3ccccc3)C2c2ccccc2F)N1c1ccccc1. The third kappa shape index (κ3) is 3.45. The van der Waals surface area contributed by atoms with E-state index in [0.717, 1.165) is 5.56 Å². The fraction of sp³-hybridized carbons (Fsp3) is 0.0323. The van der Waals surface area contributed by atoms with Crippen LogP contribution in [0.5, 0.6) is 0 Å². The summed E-state index contributed by atoms with van der Waals surface area (Å²) in [4.78, 5) is 31.1. The van der Waals surface area contributed by atoms with E-state index in [2.05, 4.69) is 0 Å². The monoisotopic (exact) mass is 472 g/mol. The van der Waals surface area contributed by atoms with Crippen LogP contribution in [0.4, 0.5) is 15.8 Å².